The van der Waals surface area contributed by atoms with Gasteiger partial charge in [0.25, 0.3) is 0 Å². The first-order valence-corrected chi connectivity index (χ1v) is 6.89. The summed E-state index contributed by atoms with van der Waals surface area (Å²) in [5, 5.41) is 3.84. The quantitative estimate of drug-likeness (QED) is 0.701. The second-order valence-corrected chi connectivity index (χ2v) is 5.58. The molecule has 2 aliphatic heterocycles. The summed E-state index contributed by atoms with van der Waals surface area (Å²) in [6.07, 6.45) is 10.4. The lowest BCUT2D eigenvalue weighted by Crippen LogP contribution is -2.41. The second kappa shape index (κ2) is 5.03. The Labute approximate surface area is 97.9 Å². The standard InChI is InChI=1S/C13H23NO2/c1-2-4-10(5-3-1)14-11(6-12-8-15-12)7-13-9-16-13/h10-14H,1-9H2. The molecule has 0 spiro atoms. The SMILES string of the molecule is C1CCC(NC(CC2CO2)CC2CO2)CC1. The molecule has 3 rings (SSSR count). The van der Waals surface area contributed by atoms with E-state index in [0.29, 0.717) is 18.2 Å². The van der Waals surface area contributed by atoms with Gasteiger partial charge in [0.05, 0.1) is 25.4 Å². The van der Waals surface area contributed by atoms with Crippen LogP contribution in [0.4, 0.5) is 0 Å². The summed E-state index contributed by atoms with van der Waals surface area (Å²) in [5.74, 6) is 0. The van der Waals surface area contributed by atoms with Gasteiger partial charge in [-0.25, -0.2) is 0 Å². The van der Waals surface area contributed by atoms with E-state index in [-0.39, 0.29) is 0 Å². The summed E-state index contributed by atoms with van der Waals surface area (Å²) in [6, 6.07) is 1.39. The first-order valence-electron chi connectivity index (χ1n) is 6.89. The number of epoxide rings is 2. The van der Waals surface area contributed by atoms with Gasteiger partial charge in [0, 0.05) is 12.1 Å². The van der Waals surface area contributed by atoms with Gasteiger partial charge >= 0.3 is 0 Å². The molecule has 1 saturated carbocycles. The second-order valence-electron chi connectivity index (χ2n) is 5.58. The molecule has 3 aliphatic rings. The Morgan fingerprint density at radius 3 is 2.00 bits per heavy atom. The van der Waals surface area contributed by atoms with Crippen LogP contribution in [0.25, 0.3) is 0 Å². The van der Waals surface area contributed by atoms with Crippen molar-refractivity contribution in [2.24, 2.45) is 0 Å². The maximum Gasteiger partial charge on any atom is 0.0824 e. The van der Waals surface area contributed by atoms with E-state index in [2.05, 4.69) is 5.32 Å². The molecule has 92 valence electrons. The number of hydrogen-bond donors (Lipinski definition) is 1. The predicted octanol–water partition coefficient (Wildman–Crippen LogP) is 1.86. The molecule has 2 heterocycles. The van der Waals surface area contributed by atoms with E-state index in [1.54, 1.807) is 0 Å². The summed E-state index contributed by atoms with van der Waals surface area (Å²) in [5.41, 5.74) is 0. The molecule has 3 heteroatoms. The minimum atomic E-state index is 0.542. The van der Waals surface area contributed by atoms with Crippen molar-refractivity contribution in [3.05, 3.63) is 0 Å². The lowest BCUT2D eigenvalue weighted by molar-refractivity contribution is 0.276. The number of ether oxygens (including phenoxy) is 2. The number of rotatable bonds is 6. The Morgan fingerprint density at radius 2 is 1.50 bits per heavy atom. The fourth-order valence-electron chi connectivity index (χ4n) is 2.88. The van der Waals surface area contributed by atoms with Crippen molar-refractivity contribution >= 4 is 0 Å². The third-order valence-corrected chi connectivity index (χ3v) is 3.98. The van der Waals surface area contributed by atoms with Gasteiger partial charge in [-0.15, -0.1) is 0 Å². The molecule has 1 N–H and O–H groups in total. The molecule has 1 aliphatic carbocycles. The molecule has 2 saturated heterocycles. The van der Waals surface area contributed by atoms with Crippen molar-refractivity contribution in [3.8, 4) is 0 Å². The largest absolute Gasteiger partial charge is 0.373 e. The lowest BCUT2D eigenvalue weighted by Gasteiger charge is -2.28. The van der Waals surface area contributed by atoms with Crippen LogP contribution in [0.15, 0.2) is 0 Å². The highest BCUT2D eigenvalue weighted by Crippen LogP contribution is 2.25. The Hall–Kier alpha value is -0.120. The minimum Gasteiger partial charge on any atom is -0.373 e. The zero-order valence-corrected chi connectivity index (χ0v) is 9.99. The molecule has 3 nitrogen and oxygen atoms in total. The van der Waals surface area contributed by atoms with Crippen molar-refractivity contribution < 1.29 is 9.47 Å². The van der Waals surface area contributed by atoms with Crippen molar-refractivity contribution in [2.45, 2.75) is 69.2 Å². The average Bonchev–Trinajstić information content (AvgIpc) is 3.15. The van der Waals surface area contributed by atoms with E-state index in [1.807, 2.05) is 0 Å². The minimum absolute atomic E-state index is 0.542. The maximum absolute atomic E-state index is 5.35. The Balaban J connectivity index is 1.45. The van der Waals surface area contributed by atoms with Crippen LogP contribution in [0, 0.1) is 0 Å². The molecule has 0 aromatic rings. The first kappa shape index (κ1) is 11.0. The van der Waals surface area contributed by atoms with Crippen LogP contribution in [-0.2, 0) is 9.47 Å². The van der Waals surface area contributed by atoms with E-state index < -0.39 is 0 Å². The highest BCUT2D eigenvalue weighted by molar-refractivity contribution is 4.86. The third kappa shape index (κ3) is 3.44. The summed E-state index contributed by atoms with van der Waals surface area (Å²) in [4.78, 5) is 0. The van der Waals surface area contributed by atoms with E-state index in [9.17, 15) is 0 Å². The molecule has 16 heavy (non-hydrogen) atoms. The smallest absolute Gasteiger partial charge is 0.0824 e. The van der Waals surface area contributed by atoms with Crippen LogP contribution in [0.2, 0.25) is 0 Å². The van der Waals surface area contributed by atoms with Crippen LogP contribution in [0.1, 0.15) is 44.9 Å². The van der Waals surface area contributed by atoms with Gasteiger partial charge in [-0.3, -0.25) is 0 Å². The van der Waals surface area contributed by atoms with Gasteiger partial charge in [-0.2, -0.15) is 0 Å². The summed E-state index contributed by atoms with van der Waals surface area (Å²) in [6.45, 7) is 1.96. The molecular weight excluding hydrogens is 202 g/mol. The van der Waals surface area contributed by atoms with E-state index >= 15 is 0 Å². The highest BCUT2D eigenvalue weighted by Gasteiger charge is 2.33. The molecule has 0 amide bonds. The Kier molecular flexibility index (Phi) is 3.46. The van der Waals surface area contributed by atoms with Gasteiger partial charge < -0.3 is 14.8 Å². The van der Waals surface area contributed by atoms with Crippen LogP contribution in [0.3, 0.4) is 0 Å². The van der Waals surface area contributed by atoms with E-state index in [4.69, 9.17) is 9.47 Å². The maximum atomic E-state index is 5.35. The first-order chi connectivity index (χ1) is 7.90. The summed E-state index contributed by atoms with van der Waals surface area (Å²) in [7, 11) is 0. The van der Waals surface area contributed by atoms with Gasteiger partial charge in [-0.05, 0) is 25.7 Å². The van der Waals surface area contributed by atoms with Crippen LogP contribution in [-0.4, -0.2) is 37.5 Å². The third-order valence-electron chi connectivity index (χ3n) is 3.98. The molecule has 2 unspecified atom stereocenters. The normalized spacial score (nSPS) is 36.0. The fourth-order valence-corrected chi connectivity index (χ4v) is 2.88. The van der Waals surface area contributed by atoms with Crippen molar-refractivity contribution in [2.75, 3.05) is 13.2 Å². The molecule has 0 radical (unpaired) electrons. The van der Waals surface area contributed by atoms with Crippen LogP contribution < -0.4 is 5.32 Å². The van der Waals surface area contributed by atoms with Gasteiger partial charge in [0.1, 0.15) is 0 Å². The topological polar surface area (TPSA) is 37.1 Å². The molecule has 3 fully saturated rings. The molecule has 2 atom stereocenters. The Bertz CT molecular complexity index is 206. The van der Waals surface area contributed by atoms with E-state index in [1.165, 1.54) is 44.9 Å². The monoisotopic (exact) mass is 225 g/mol. The summed E-state index contributed by atoms with van der Waals surface area (Å²) >= 11 is 0. The molecular formula is C13H23NO2. The van der Waals surface area contributed by atoms with Gasteiger partial charge in [0.2, 0.25) is 0 Å². The van der Waals surface area contributed by atoms with Crippen LogP contribution >= 0.6 is 0 Å². The van der Waals surface area contributed by atoms with Crippen LogP contribution in [0.5, 0.6) is 0 Å². The van der Waals surface area contributed by atoms with Gasteiger partial charge in [0.15, 0.2) is 0 Å². The zero-order valence-electron chi connectivity index (χ0n) is 9.99. The zero-order chi connectivity index (χ0) is 10.8. The average molecular weight is 225 g/mol. The van der Waals surface area contributed by atoms with Crippen molar-refractivity contribution in [1.29, 1.82) is 0 Å². The predicted molar refractivity (Wildman–Crippen MR) is 62.5 cm³/mol. The van der Waals surface area contributed by atoms with Gasteiger partial charge in [-0.1, -0.05) is 19.3 Å². The molecule has 0 aromatic carbocycles. The molecule has 0 aromatic heterocycles. The fraction of sp³-hybridized carbons (Fsp3) is 1.00. The van der Waals surface area contributed by atoms with Crippen molar-refractivity contribution in [3.63, 3.8) is 0 Å². The number of hydrogen-bond acceptors (Lipinski definition) is 3. The van der Waals surface area contributed by atoms with E-state index in [0.717, 1.165) is 19.3 Å². The Morgan fingerprint density at radius 1 is 0.938 bits per heavy atom. The summed E-state index contributed by atoms with van der Waals surface area (Å²) < 4.78 is 10.7. The molecule has 0 bridgehead atoms. The number of nitrogens with one attached hydrogen (secondary N) is 1. The van der Waals surface area contributed by atoms with Crippen molar-refractivity contribution in [1.82, 2.24) is 5.32 Å². The lowest BCUT2D eigenvalue weighted by atomic mass is 9.93. The highest BCUT2D eigenvalue weighted by atomic mass is 16.6.